The molecule has 1 atom stereocenters. The molecule has 3 N–H and O–H groups in total. The van der Waals surface area contributed by atoms with Crippen molar-refractivity contribution in [3.63, 3.8) is 0 Å². The van der Waals surface area contributed by atoms with Crippen molar-refractivity contribution in [3.05, 3.63) is 48.4 Å². The number of aliphatic hydroxyl groups is 1. The number of carbonyl (C=O) groups excluding carboxylic acids is 3. The predicted molar refractivity (Wildman–Crippen MR) is 98.0 cm³/mol. The number of nitrogens with one attached hydrogen (secondary N) is 2. The van der Waals surface area contributed by atoms with Gasteiger partial charge in [0.15, 0.2) is 0 Å². The first-order chi connectivity index (χ1) is 13.0. The van der Waals surface area contributed by atoms with E-state index >= 15 is 0 Å². The predicted octanol–water partition coefficient (Wildman–Crippen LogP) is 1.58. The van der Waals surface area contributed by atoms with Crippen molar-refractivity contribution in [2.45, 2.75) is 25.4 Å². The zero-order valence-corrected chi connectivity index (χ0v) is 14.7. The number of benzene rings is 1. The summed E-state index contributed by atoms with van der Waals surface area (Å²) in [5.41, 5.74) is 1.62. The van der Waals surface area contributed by atoms with Gasteiger partial charge in [-0.2, -0.15) is 0 Å². The van der Waals surface area contributed by atoms with E-state index in [2.05, 4.69) is 10.6 Å². The van der Waals surface area contributed by atoms with Crippen molar-refractivity contribution >= 4 is 29.1 Å². The number of amides is 3. The number of piperidine rings is 1. The van der Waals surface area contributed by atoms with Gasteiger partial charge in [0.25, 0.3) is 0 Å². The summed E-state index contributed by atoms with van der Waals surface area (Å²) in [4.78, 5) is 37.7. The number of aliphatic hydroxyl groups excluding tert-OH is 1. The Hall–Kier alpha value is -3.13. The fraction of sp³-hybridized carbons (Fsp3) is 0.316. The Morgan fingerprint density at radius 2 is 2.07 bits per heavy atom. The highest BCUT2D eigenvalue weighted by Crippen LogP contribution is 2.23. The van der Waals surface area contributed by atoms with Crippen molar-refractivity contribution < 1.29 is 23.9 Å². The molecule has 3 rings (SSSR count). The second-order valence-corrected chi connectivity index (χ2v) is 6.29. The fourth-order valence-corrected chi connectivity index (χ4v) is 2.87. The summed E-state index contributed by atoms with van der Waals surface area (Å²) in [6, 6.07) is 8.38. The molecule has 1 aromatic heterocycles. The molecular weight excluding hydrogens is 350 g/mol. The van der Waals surface area contributed by atoms with Crippen molar-refractivity contribution in [2.75, 3.05) is 23.3 Å². The van der Waals surface area contributed by atoms with Crippen molar-refractivity contribution in [2.24, 2.45) is 0 Å². The standard InChI is InChI=1S/C19H21N3O5/c23-16(13-7-9-27-12-13)11-20-18(25)19(26)21-14-4-3-5-15(10-14)22-8-2-1-6-17(22)24/h3-5,7,9-10,12,16,23H,1-2,6,8,11H2,(H,20,25)(H,21,26)/t16-/m0/s1. The van der Waals surface area contributed by atoms with E-state index in [1.54, 1.807) is 35.2 Å². The van der Waals surface area contributed by atoms with Crippen LogP contribution in [0.2, 0.25) is 0 Å². The third-order valence-corrected chi connectivity index (χ3v) is 4.33. The molecule has 142 valence electrons. The number of carbonyl (C=O) groups is 3. The SMILES string of the molecule is O=C(NC[C@H](O)c1ccoc1)C(=O)Nc1cccc(N2CCCCC2=O)c1. The highest BCUT2D eigenvalue weighted by atomic mass is 16.3. The molecule has 3 amide bonds. The second-order valence-electron chi connectivity index (χ2n) is 6.29. The quantitative estimate of drug-likeness (QED) is 0.691. The Bertz CT molecular complexity index is 819. The first-order valence-corrected chi connectivity index (χ1v) is 8.74. The van der Waals surface area contributed by atoms with Gasteiger partial charge >= 0.3 is 11.8 Å². The molecule has 0 unspecified atom stereocenters. The van der Waals surface area contributed by atoms with E-state index in [1.807, 2.05) is 0 Å². The summed E-state index contributed by atoms with van der Waals surface area (Å²) in [5.74, 6) is -1.66. The average molecular weight is 371 g/mol. The summed E-state index contributed by atoms with van der Waals surface area (Å²) in [6.07, 6.45) is 4.14. The number of hydrogen-bond donors (Lipinski definition) is 3. The molecule has 0 aliphatic carbocycles. The maximum atomic E-state index is 12.1. The Balaban J connectivity index is 1.56. The number of anilines is 2. The van der Waals surface area contributed by atoms with Crippen LogP contribution in [0.25, 0.3) is 0 Å². The molecule has 8 nitrogen and oxygen atoms in total. The molecule has 1 saturated heterocycles. The Morgan fingerprint density at radius 3 is 2.81 bits per heavy atom. The summed E-state index contributed by atoms with van der Waals surface area (Å²) < 4.78 is 4.86. The minimum absolute atomic E-state index is 0.0516. The molecule has 2 heterocycles. The first-order valence-electron chi connectivity index (χ1n) is 8.74. The maximum absolute atomic E-state index is 12.1. The van der Waals surface area contributed by atoms with Crippen molar-refractivity contribution in [1.82, 2.24) is 5.32 Å². The van der Waals surface area contributed by atoms with E-state index in [0.717, 1.165) is 12.8 Å². The molecule has 1 fully saturated rings. The van der Waals surface area contributed by atoms with Gasteiger partial charge in [0.1, 0.15) is 0 Å². The second kappa shape index (κ2) is 8.50. The normalized spacial score (nSPS) is 15.3. The number of furan rings is 1. The van der Waals surface area contributed by atoms with Crippen LogP contribution in [0.5, 0.6) is 0 Å². The van der Waals surface area contributed by atoms with Gasteiger partial charge < -0.3 is 25.1 Å². The van der Waals surface area contributed by atoms with E-state index in [4.69, 9.17) is 4.42 Å². The molecule has 1 aliphatic rings. The summed E-state index contributed by atoms with van der Waals surface area (Å²) in [6.45, 7) is 0.525. The smallest absolute Gasteiger partial charge is 0.313 e. The van der Waals surface area contributed by atoms with E-state index in [-0.39, 0.29) is 12.5 Å². The molecule has 2 aromatic rings. The molecule has 0 saturated carbocycles. The fourth-order valence-electron chi connectivity index (χ4n) is 2.87. The Labute approximate surface area is 156 Å². The average Bonchev–Trinajstić information content (AvgIpc) is 3.21. The van der Waals surface area contributed by atoms with E-state index < -0.39 is 17.9 Å². The van der Waals surface area contributed by atoms with E-state index in [0.29, 0.717) is 29.9 Å². The molecule has 8 heteroatoms. The number of nitrogens with zero attached hydrogens (tertiary/aromatic N) is 1. The van der Waals surface area contributed by atoms with Gasteiger partial charge in [-0.3, -0.25) is 14.4 Å². The third kappa shape index (κ3) is 4.73. The van der Waals surface area contributed by atoms with E-state index in [1.165, 1.54) is 12.5 Å². The summed E-state index contributed by atoms with van der Waals surface area (Å²) in [5, 5.41) is 14.8. The molecule has 27 heavy (non-hydrogen) atoms. The topological polar surface area (TPSA) is 112 Å². The first kappa shape index (κ1) is 18.7. The van der Waals surface area contributed by atoms with Crippen molar-refractivity contribution in [1.29, 1.82) is 0 Å². The summed E-state index contributed by atoms with van der Waals surface area (Å²) in [7, 11) is 0. The van der Waals surface area contributed by atoms with Crippen LogP contribution in [0.4, 0.5) is 11.4 Å². The van der Waals surface area contributed by atoms with Gasteiger partial charge in [-0.05, 0) is 37.1 Å². The van der Waals surface area contributed by atoms with Crippen LogP contribution < -0.4 is 15.5 Å². The molecule has 1 aliphatic heterocycles. The van der Waals surface area contributed by atoms with Crippen LogP contribution in [-0.4, -0.2) is 35.9 Å². The molecule has 0 spiro atoms. The lowest BCUT2D eigenvalue weighted by molar-refractivity contribution is -0.136. The lowest BCUT2D eigenvalue weighted by atomic mass is 10.1. The third-order valence-electron chi connectivity index (χ3n) is 4.33. The molecule has 0 radical (unpaired) electrons. The highest BCUT2D eigenvalue weighted by molar-refractivity contribution is 6.39. The van der Waals surface area contributed by atoms with Gasteiger partial charge in [-0.15, -0.1) is 0 Å². The number of hydrogen-bond acceptors (Lipinski definition) is 5. The molecule has 1 aromatic carbocycles. The number of rotatable bonds is 5. The monoisotopic (exact) mass is 371 g/mol. The molecule has 0 bridgehead atoms. The highest BCUT2D eigenvalue weighted by Gasteiger charge is 2.21. The lowest BCUT2D eigenvalue weighted by Gasteiger charge is -2.27. The van der Waals surface area contributed by atoms with Gasteiger partial charge in [-0.1, -0.05) is 6.07 Å². The lowest BCUT2D eigenvalue weighted by Crippen LogP contribution is -2.37. The van der Waals surface area contributed by atoms with Crippen LogP contribution in [0.3, 0.4) is 0 Å². The van der Waals surface area contributed by atoms with Gasteiger partial charge in [-0.25, -0.2) is 0 Å². The Kier molecular flexibility index (Phi) is 5.87. The van der Waals surface area contributed by atoms with Crippen LogP contribution in [0.1, 0.15) is 30.9 Å². The van der Waals surface area contributed by atoms with Gasteiger partial charge in [0.05, 0.1) is 18.6 Å². The van der Waals surface area contributed by atoms with Crippen LogP contribution in [0, 0.1) is 0 Å². The van der Waals surface area contributed by atoms with Crippen LogP contribution in [-0.2, 0) is 14.4 Å². The Morgan fingerprint density at radius 1 is 1.22 bits per heavy atom. The van der Waals surface area contributed by atoms with E-state index in [9.17, 15) is 19.5 Å². The molecular formula is C19H21N3O5. The maximum Gasteiger partial charge on any atom is 0.313 e. The minimum Gasteiger partial charge on any atom is -0.472 e. The van der Waals surface area contributed by atoms with Crippen LogP contribution >= 0.6 is 0 Å². The zero-order valence-electron chi connectivity index (χ0n) is 14.7. The van der Waals surface area contributed by atoms with Gasteiger partial charge in [0, 0.05) is 36.4 Å². The largest absolute Gasteiger partial charge is 0.472 e. The van der Waals surface area contributed by atoms with Crippen molar-refractivity contribution in [3.8, 4) is 0 Å². The minimum atomic E-state index is -0.964. The van der Waals surface area contributed by atoms with Gasteiger partial charge in [0.2, 0.25) is 5.91 Å². The zero-order chi connectivity index (χ0) is 19.2. The van der Waals surface area contributed by atoms with Crippen LogP contribution in [0.15, 0.2) is 47.3 Å². The summed E-state index contributed by atoms with van der Waals surface area (Å²) >= 11 is 0.